The molecule has 2 heterocycles. The molecular weight excluding hydrogens is 372 g/mol. The van der Waals surface area contributed by atoms with Crippen molar-refractivity contribution in [2.75, 3.05) is 6.61 Å². The van der Waals surface area contributed by atoms with Crippen molar-refractivity contribution in [2.24, 2.45) is 34.5 Å². The summed E-state index contributed by atoms with van der Waals surface area (Å²) >= 11 is 0. The maximum atomic E-state index is 12.0. The highest BCUT2D eigenvalue weighted by Crippen LogP contribution is 2.74. The first-order valence-electron chi connectivity index (χ1n) is 11.7. The zero-order valence-electron chi connectivity index (χ0n) is 17.3. The fraction of sp³-hybridized carbons (Fsp3) is 0.957. The molecule has 6 heteroatoms. The number of hydrogen-bond donors (Lipinski definition) is 3. The Hall–Kier alpha value is -0.690. The number of fused-ring (bicyclic) bond motifs is 5. The van der Waals surface area contributed by atoms with Crippen LogP contribution in [0.3, 0.4) is 0 Å². The van der Waals surface area contributed by atoms with E-state index in [1.165, 1.54) is 0 Å². The Balaban J connectivity index is 1.42. The minimum Gasteiger partial charge on any atom is -0.435 e. The molecule has 0 aromatic carbocycles. The summed E-state index contributed by atoms with van der Waals surface area (Å²) in [6.07, 6.45) is 6.76. The highest BCUT2D eigenvalue weighted by molar-refractivity contribution is 5.72. The number of aliphatic hydroxyl groups excluding tert-OH is 2. The lowest BCUT2D eigenvalue weighted by molar-refractivity contribution is -0.335. The molecule has 3 N–H and O–H groups in total. The maximum Gasteiger partial charge on any atom is 0.308 e. The van der Waals surface area contributed by atoms with Gasteiger partial charge in [-0.05, 0) is 69.1 Å². The second-order valence-corrected chi connectivity index (χ2v) is 11.3. The molecule has 0 aromatic heterocycles. The van der Waals surface area contributed by atoms with Gasteiger partial charge in [-0.15, -0.1) is 0 Å². The largest absolute Gasteiger partial charge is 0.435 e. The fourth-order valence-corrected chi connectivity index (χ4v) is 9.51. The van der Waals surface area contributed by atoms with E-state index < -0.39 is 23.4 Å². The molecule has 4 saturated carbocycles. The van der Waals surface area contributed by atoms with Gasteiger partial charge in [0.2, 0.25) is 6.29 Å². The standard InChI is InChI=1S/C23H34O6/c1-20-6-3-16-17(4-8-22(27)11-13(25)2-7-21(16,22)12-24)23(20)9-5-15(20)14-10-18(26)28-19(14)29-23/h13-17,19,24-25,27H,2-12H2,1H3/t13-,14-,15+,16-,17+,19-,20+,21-,22+,23+/m0/s1. The van der Waals surface area contributed by atoms with Gasteiger partial charge in [0, 0.05) is 23.2 Å². The summed E-state index contributed by atoms with van der Waals surface area (Å²) < 4.78 is 12.4. The van der Waals surface area contributed by atoms with E-state index in [-0.39, 0.29) is 41.3 Å². The zero-order chi connectivity index (χ0) is 20.2. The van der Waals surface area contributed by atoms with Gasteiger partial charge in [-0.3, -0.25) is 4.79 Å². The number of ether oxygens (including phenoxy) is 2. The van der Waals surface area contributed by atoms with Gasteiger partial charge in [0.15, 0.2) is 0 Å². The van der Waals surface area contributed by atoms with Crippen LogP contribution < -0.4 is 0 Å². The summed E-state index contributed by atoms with van der Waals surface area (Å²) in [5, 5.41) is 32.5. The molecule has 6 rings (SSSR count). The van der Waals surface area contributed by atoms with E-state index in [0.717, 1.165) is 32.1 Å². The first-order chi connectivity index (χ1) is 13.8. The predicted octanol–water partition coefficient (Wildman–Crippen LogP) is 2.14. The van der Waals surface area contributed by atoms with E-state index in [9.17, 15) is 20.1 Å². The molecule has 4 aliphatic carbocycles. The van der Waals surface area contributed by atoms with Crippen molar-refractivity contribution >= 4 is 5.97 Å². The van der Waals surface area contributed by atoms with Crippen LogP contribution in [0, 0.1) is 34.5 Å². The topological polar surface area (TPSA) is 96.2 Å². The van der Waals surface area contributed by atoms with Gasteiger partial charge in [0.1, 0.15) is 0 Å². The van der Waals surface area contributed by atoms with E-state index in [2.05, 4.69) is 6.92 Å². The maximum absolute atomic E-state index is 12.0. The molecule has 0 unspecified atom stereocenters. The SMILES string of the molecule is C[C@]12CC[C@H]3[C@@H](CC[C@@]4(O)C[C@@H](O)CC[C@]34CO)[C@]13CC[C@@H]2[C@@H]1CC(=O)O[C@H]1O3. The van der Waals surface area contributed by atoms with Crippen molar-refractivity contribution in [1.82, 2.24) is 0 Å². The second-order valence-electron chi connectivity index (χ2n) is 11.3. The monoisotopic (exact) mass is 406 g/mol. The quantitative estimate of drug-likeness (QED) is 0.578. The third-order valence-electron chi connectivity index (χ3n) is 10.8. The van der Waals surface area contributed by atoms with E-state index in [0.29, 0.717) is 38.0 Å². The lowest BCUT2D eigenvalue weighted by Crippen LogP contribution is -2.71. The van der Waals surface area contributed by atoms with Crippen LogP contribution in [0.4, 0.5) is 0 Å². The molecule has 0 aromatic rings. The third-order valence-corrected chi connectivity index (χ3v) is 10.8. The van der Waals surface area contributed by atoms with Crippen LogP contribution in [0.2, 0.25) is 0 Å². The van der Waals surface area contributed by atoms with Gasteiger partial charge in [-0.1, -0.05) is 6.92 Å². The number of rotatable bonds is 1. The minimum atomic E-state index is -1.00. The molecule has 6 aliphatic rings. The number of aliphatic hydroxyl groups is 3. The lowest BCUT2D eigenvalue weighted by Gasteiger charge is -2.68. The van der Waals surface area contributed by atoms with Crippen molar-refractivity contribution in [3.63, 3.8) is 0 Å². The molecule has 0 amide bonds. The number of esters is 1. The molecule has 6 fully saturated rings. The first-order valence-corrected chi connectivity index (χ1v) is 11.7. The van der Waals surface area contributed by atoms with Crippen LogP contribution >= 0.6 is 0 Å². The van der Waals surface area contributed by atoms with E-state index in [1.807, 2.05) is 0 Å². The Kier molecular flexibility index (Phi) is 3.78. The predicted molar refractivity (Wildman–Crippen MR) is 102 cm³/mol. The molecule has 29 heavy (non-hydrogen) atoms. The minimum absolute atomic E-state index is 0.0313. The van der Waals surface area contributed by atoms with E-state index >= 15 is 0 Å². The first kappa shape index (κ1) is 19.0. The summed E-state index contributed by atoms with van der Waals surface area (Å²) in [6, 6.07) is 0. The average molecular weight is 407 g/mol. The molecule has 2 saturated heterocycles. The fourth-order valence-electron chi connectivity index (χ4n) is 9.51. The van der Waals surface area contributed by atoms with Crippen molar-refractivity contribution in [2.45, 2.75) is 94.7 Å². The lowest BCUT2D eigenvalue weighted by atomic mass is 9.41. The summed E-state index contributed by atoms with van der Waals surface area (Å²) in [7, 11) is 0. The molecule has 162 valence electrons. The van der Waals surface area contributed by atoms with Crippen LogP contribution in [0.1, 0.15) is 71.1 Å². The van der Waals surface area contributed by atoms with Gasteiger partial charge >= 0.3 is 5.97 Å². The van der Waals surface area contributed by atoms with Crippen LogP contribution in [0.5, 0.6) is 0 Å². The Labute approximate surface area is 172 Å². The highest BCUT2D eigenvalue weighted by atomic mass is 16.7. The molecular formula is C23H34O6. The third kappa shape index (κ3) is 2.05. The summed E-state index contributed by atoms with van der Waals surface area (Å²) in [6.45, 7) is 2.34. The molecule has 2 bridgehead atoms. The second kappa shape index (κ2) is 5.76. The summed E-state index contributed by atoms with van der Waals surface area (Å²) in [4.78, 5) is 12.0. The van der Waals surface area contributed by atoms with Crippen molar-refractivity contribution in [1.29, 1.82) is 0 Å². The smallest absolute Gasteiger partial charge is 0.308 e. The highest BCUT2D eigenvalue weighted by Gasteiger charge is 2.75. The van der Waals surface area contributed by atoms with Crippen molar-refractivity contribution in [3.8, 4) is 0 Å². The molecule has 10 atom stereocenters. The van der Waals surface area contributed by atoms with Crippen molar-refractivity contribution in [3.05, 3.63) is 0 Å². The van der Waals surface area contributed by atoms with Gasteiger partial charge in [-0.2, -0.15) is 0 Å². The number of hydrogen-bond acceptors (Lipinski definition) is 6. The Morgan fingerprint density at radius 2 is 1.79 bits per heavy atom. The Morgan fingerprint density at radius 1 is 1.03 bits per heavy atom. The summed E-state index contributed by atoms with van der Waals surface area (Å²) in [5.74, 6) is 0.935. The van der Waals surface area contributed by atoms with Crippen LogP contribution in [-0.2, 0) is 14.3 Å². The van der Waals surface area contributed by atoms with Crippen LogP contribution in [0.25, 0.3) is 0 Å². The van der Waals surface area contributed by atoms with Crippen LogP contribution in [-0.4, -0.2) is 51.5 Å². The van der Waals surface area contributed by atoms with Crippen LogP contribution in [0.15, 0.2) is 0 Å². The van der Waals surface area contributed by atoms with Gasteiger partial charge in [0.05, 0.1) is 30.3 Å². The Bertz CT molecular complexity index is 741. The zero-order valence-corrected chi connectivity index (χ0v) is 17.3. The van der Waals surface area contributed by atoms with Gasteiger partial charge in [0.25, 0.3) is 0 Å². The molecule has 0 radical (unpaired) electrons. The normalized spacial score (nSPS) is 60.6. The molecule has 6 nitrogen and oxygen atoms in total. The van der Waals surface area contributed by atoms with E-state index in [4.69, 9.17) is 9.47 Å². The molecule has 0 spiro atoms. The molecule has 2 aliphatic heterocycles. The van der Waals surface area contributed by atoms with Gasteiger partial charge < -0.3 is 24.8 Å². The number of carbonyl (C=O) groups excluding carboxylic acids is 1. The van der Waals surface area contributed by atoms with Crippen molar-refractivity contribution < 1.29 is 29.6 Å². The summed E-state index contributed by atoms with van der Waals surface area (Å²) in [5.41, 5.74) is -1.86. The average Bonchev–Trinajstić information content (AvgIpc) is 3.13. The number of carbonyl (C=O) groups is 1. The Morgan fingerprint density at radius 3 is 2.59 bits per heavy atom. The van der Waals surface area contributed by atoms with E-state index in [1.54, 1.807) is 0 Å². The van der Waals surface area contributed by atoms with Gasteiger partial charge in [-0.25, -0.2) is 0 Å².